The van der Waals surface area contributed by atoms with Crippen LogP contribution in [-0.4, -0.2) is 25.5 Å². The summed E-state index contributed by atoms with van der Waals surface area (Å²) in [5.74, 6) is 3.24. The number of aryl methyl sites for hydroxylation is 1. The Morgan fingerprint density at radius 1 is 0.889 bits per heavy atom. The van der Waals surface area contributed by atoms with Crippen LogP contribution in [-0.2, 0) is 16.3 Å². The summed E-state index contributed by atoms with van der Waals surface area (Å²) < 4.78 is 30.0. The Balaban J connectivity index is 1.38. The lowest BCUT2D eigenvalue weighted by Gasteiger charge is -2.30. The molecule has 0 aromatic heterocycles. The zero-order valence-corrected chi connectivity index (χ0v) is 18.1. The van der Waals surface area contributed by atoms with Gasteiger partial charge in [0.2, 0.25) is 0 Å². The maximum Gasteiger partial charge on any atom is 0.155 e. The Morgan fingerprint density at radius 3 is 2.00 bits per heavy atom. The first-order chi connectivity index (χ1) is 12.7. The van der Waals surface area contributed by atoms with Gasteiger partial charge in [0.05, 0.1) is 17.1 Å². The maximum absolute atomic E-state index is 12.4. The van der Waals surface area contributed by atoms with Gasteiger partial charge in [0, 0.05) is 0 Å². The van der Waals surface area contributed by atoms with Crippen LogP contribution in [0, 0.1) is 17.8 Å². The predicted molar refractivity (Wildman–Crippen MR) is 112 cm³/mol. The molecule has 3 rings (SSSR count). The van der Waals surface area contributed by atoms with Crippen molar-refractivity contribution in [2.75, 3.05) is 12.4 Å². The summed E-state index contributed by atoms with van der Waals surface area (Å²) in [6.45, 7) is 6.32. The highest BCUT2D eigenvalue weighted by atomic mass is 32.2. The lowest BCUT2D eigenvalue weighted by molar-refractivity contribution is 0.278. The van der Waals surface area contributed by atoms with E-state index >= 15 is 0 Å². The van der Waals surface area contributed by atoms with Crippen molar-refractivity contribution in [1.29, 1.82) is 0 Å². The lowest BCUT2D eigenvalue weighted by Crippen LogP contribution is -2.34. The third-order valence-electron chi connectivity index (χ3n) is 6.30. The van der Waals surface area contributed by atoms with E-state index < -0.39 is 14.6 Å². The van der Waals surface area contributed by atoms with E-state index in [0.29, 0.717) is 11.7 Å². The SMILES string of the molecule is CC(C)(C)S(=O)(=O)CC1CCC(CCc2ccc(OCC3CC3)cc2)CC1. The third kappa shape index (κ3) is 6.23. The molecule has 2 aliphatic carbocycles. The van der Waals surface area contributed by atoms with E-state index in [1.54, 1.807) is 0 Å². The Labute approximate surface area is 165 Å². The molecule has 0 radical (unpaired) electrons. The van der Waals surface area contributed by atoms with Crippen LogP contribution in [0.25, 0.3) is 0 Å². The van der Waals surface area contributed by atoms with Gasteiger partial charge in [0.1, 0.15) is 5.75 Å². The average Bonchev–Trinajstić information content (AvgIpc) is 3.43. The molecule has 0 aliphatic heterocycles. The van der Waals surface area contributed by atoms with Gasteiger partial charge in [-0.2, -0.15) is 0 Å². The number of hydrogen-bond acceptors (Lipinski definition) is 3. The van der Waals surface area contributed by atoms with E-state index in [2.05, 4.69) is 24.3 Å². The van der Waals surface area contributed by atoms with E-state index in [4.69, 9.17) is 4.74 Å². The van der Waals surface area contributed by atoms with Crippen molar-refractivity contribution in [3.8, 4) is 5.75 Å². The largest absolute Gasteiger partial charge is 0.493 e. The number of hydrogen-bond donors (Lipinski definition) is 0. The fourth-order valence-electron chi connectivity index (χ4n) is 3.87. The Kier molecular flexibility index (Phi) is 6.55. The second-order valence-corrected chi connectivity index (χ2v) is 12.5. The van der Waals surface area contributed by atoms with Crippen molar-refractivity contribution >= 4 is 9.84 Å². The Morgan fingerprint density at radius 2 is 1.44 bits per heavy atom. The minimum atomic E-state index is -2.99. The van der Waals surface area contributed by atoms with Crippen molar-refractivity contribution in [3.63, 3.8) is 0 Å². The normalized spacial score (nSPS) is 24.0. The first-order valence-corrected chi connectivity index (χ1v) is 12.3. The van der Waals surface area contributed by atoms with Crippen molar-refractivity contribution in [2.24, 2.45) is 17.8 Å². The van der Waals surface area contributed by atoms with Gasteiger partial charge in [-0.3, -0.25) is 0 Å². The fraction of sp³-hybridized carbons (Fsp3) is 0.739. The molecule has 2 aliphatic rings. The van der Waals surface area contributed by atoms with Crippen molar-refractivity contribution in [2.45, 2.75) is 76.9 Å². The van der Waals surface area contributed by atoms with Crippen molar-refractivity contribution < 1.29 is 13.2 Å². The molecule has 0 unspecified atom stereocenters. The molecule has 0 atom stereocenters. The molecular formula is C23H36O3S. The van der Waals surface area contributed by atoms with Crippen LogP contribution in [0.3, 0.4) is 0 Å². The zero-order valence-electron chi connectivity index (χ0n) is 17.2. The molecule has 27 heavy (non-hydrogen) atoms. The molecule has 4 heteroatoms. The monoisotopic (exact) mass is 392 g/mol. The zero-order chi connectivity index (χ0) is 19.5. The third-order valence-corrected chi connectivity index (χ3v) is 9.08. The quantitative estimate of drug-likeness (QED) is 0.592. The average molecular weight is 393 g/mol. The molecule has 3 nitrogen and oxygen atoms in total. The highest BCUT2D eigenvalue weighted by Gasteiger charge is 2.33. The first kappa shape index (κ1) is 20.7. The van der Waals surface area contributed by atoms with Gasteiger partial charge in [-0.25, -0.2) is 8.42 Å². The molecular weight excluding hydrogens is 356 g/mol. The highest BCUT2D eigenvalue weighted by molar-refractivity contribution is 7.92. The molecule has 0 heterocycles. The standard InChI is InChI=1S/C23H36O3S/c1-23(2,3)27(24,25)17-21-10-6-18(7-11-21)4-5-19-12-14-22(15-13-19)26-16-20-8-9-20/h12-15,18,20-21H,4-11,16-17H2,1-3H3. The smallest absolute Gasteiger partial charge is 0.155 e. The number of benzene rings is 1. The number of sulfone groups is 1. The van der Waals surface area contributed by atoms with Gasteiger partial charge in [-0.05, 0) is 94.7 Å². The molecule has 2 fully saturated rings. The van der Waals surface area contributed by atoms with Crippen molar-refractivity contribution in [1.82, 2.24) is 0 Å². The van der Waals surface area contributed by atoms with Gasteiger partial charge in [0.15, 0.2) is 9.84 Å². The van der Waals surface area contributed by atoms with Crippen LogP contribution < -0.4 is 4.74 Å². The van der Waals surface area contributed by atoms with Gasteiger partial charge in [-0.1, -0.05) is 25.0 Å². The number of ether oxygens (including phenoxy) is 1. The van der Waals surface area contributed by atoms with E-state index in [1.807, 2.05) is 20.8 Å². The van der Waals surface area contributed by atoms with Gasteiger partial charge >= 0.3 is 0 Å². The summed E-state index contributed by atoms with van der Waals surface area (Å²) in [5, 5.41) is 0. The molecule has 1 aromatic rings. The summed E-state index contributed by atoms with van der Waals surface area (Å²) in [5.41, 5.74) is 1.38. The van der Waals surface area contributed by atoms with E-state index in [1.165, 1.54) is 37.7 Å². The summed E-state index contributed by atoms with van der Waals surface area (Å²) in [7, 11) is -2.99. The van der Waals surface area contributed by atoms with Crippen LogP contribution in [0.1, 0.15) is 71.3 Å². The molecule has 1 aromatic carbocycles. The Bertz CT molecular complexity index is 688. The minimum absolute atomic E-state index is 0.355. The van der Waals surface area contributed by atoms with Crippen LogP contribution in [0.5, 0.6) is 5.75 Å². The van der Waals surface area contributed by atoms with Gasteiger partial charge in [-0.15, -0.1) is 0 Å². The van der Waals surface area contributed by atoms with Gasteiger partial charge < -0.3 is 4.74 Å². The van der Waals surface area contributed by atoms with E-state index in [9.17, 15) is 8.42 Å². The summed E-state index contributed by atoms with van der Waals surface area (Å²) in [4.78, 5) is 0. The van der Waals surface area contributed by atoms with Gasteiger partial charge in [0.25, 0.3) is 0 Å². The predicted octanol–water partition coefficient (Wildman–Crippen LogP) is 5.43. The molecule has 0 spiro atoms. The van der Waals surface area contributed by atoms with Crippen LogP contribution in [0.2, 0.25) is 0 Å². The first-order valence-electron chi connectivity index (χ1n) is 10.7. The topological polar surface area (TPSA) is 43.4 Å². The molecule has 0 N–H and O–H groups in total. The van der Waals surface area contributed by atoms with E-state index in [-0.39, 0.29) is 0 Å². The minimum Gasteiger partial charge on any atom is -0.493 e. The lowest BCUT2D eigenvalue weighted by atomic mass is 9.80. The molecule has 0 amide bonds. The summed E-state index contributed by atoms with van der Waals surface area (Å²) in [6, 6.07) is 8.60. The number of rotatable bonds is 8. The van der Waals surface area contributed by atoms with Crippen LogP contribution in [0.4, 0.5) is 0 Å². The second kappa shape index (κ2) is 8.55. The fourth-order valence-corrected chi connectivity index (χ4v) is 5.32. The molecule has 2 saturated carbocycles. The molecule has 152 valence electrons. The van der Waals surface area contributed by atoms with E-state index in [0.717, 1.165) is 43.5 Å². The van der Waals surface area contributed by atoms with Crippen LogP contribution in [0.15, 0.2) is 24.3 Å². The summed E-state index contributed by atoms with van der Waals surface area (Å²) >= 11 is 0. The highest BCUT2D eigenvalue weighted by Crippen LogP contribution is 2.34. The molecule has 0 bridgehead atoms. The second-order valence-electron chi connectivity index (χ2n) is 9.72. The van der Waals surface area contributed by atoms with Crippen molar-refractivity contribution in [3.05, 3.63) is 29.8 Å². The maximum atomic E-state index is 12.4. The Hall–Kier alpha value is -1.03. The summed E-state index contributed by atoms with van der Waals surface area (Å²) in [6.07, 6.45) is 9.44. The molecule has 0 saturated heterocycles. The van der Waals surface area contributed by atoms with Crippen LogP contribution >= 0.6 is 0 Å².